The molecule has 0 saturated heterocycles. The van der Waals surface area contributed by atoms with Crippen molar-refractivity contribution < 1.29 is 9.84 Å². The van der Waals surface area contributed by atoms with Crippen molar-refractivity contribution in [1.29, 1.82) is 0 Å². The van der Waals surface area contributed by atoms with E-state index in [-0.39, 0.29) is 0 Å². The zero-order valence-electron chi connectivity index (χ0n) is 13.0. The van der Waals surface area contributed by atoms with Crippen LogP contribution in [0, 0.1) is 0 Å². The molecule has 2 rings (SSSR count). The molecule has 0 amide bonds. The molecule has 0 spiro atoms. The molecular weight excluding hydrogens is 264 g/mol. The van der Waals surface area contributed by atoms with Crippen LogP contribution in [0.15, 0.2) is 36.5 Å². The number of ether oxygens (including phenoxy) is 1. The van der Waals surface area contributed by atoms with Gasteiger partial charge in [0.25, 0.3) is 0 Å². The van der Waals surface area contributed by atoms with E-state index in [1.807, 2.05) is 48.1 Å². The third kappa shape index (κ3) is 3.85. The summed E-state index contributed by atoms with van der Waals surface area (Å²) in [7, 11) is 0. The second-order valence-corrected chi connectivity index (χ2v) is 5.29. The summed E-state index contributed by atoms with van der Waals surface area (Å²) < 4.78 is 7.80. The van der Waals surface area contributed by atoms with Gasteiger partial charge in [-0.2, -0.15) is 5.10 Å². The number of aliphatic hydroxyl groups excluding tert-OH is 1. The van der Waals surface area contributed by atoms with Gasteiger partial charge in [-0.3, -0.25) is 4.68 Å². The molecule has 114 valence electrons. The van der Waals surface area contributed by atoms with E-state index in [0.717, 1.165) is 23.4 Å². The molecule has 2 unspecified atom stereocenters. The number of rotatable bonds is 7. The van der Waals surface area contributed by atoms with Gasteiger partial charge >= 0.3 is 0 Å². The van der Waals surface area contributed by atoms with E-state index in [2.05, 4.69) is 18.9 Å². The Morgan fingerprint density at radius 1 is 1.19 bits per heavy atom. The summed E-state index contributed by atoms with van der Waals surface area (Å²) in [6.07, 6.45) is 3.22. The SMILES string of the molecule is CCC(O)c1ccccc1OCc1ccn(C(C)CC)n1. The van der Waals surface area contributed by atoms with Crippen LogP contribution in [0.1, 0.15) is 57.0 Å². The van der Waals surface area contributed by atoms with Crippen molar-refractivity contribution in [1.82, 2.24) is 9.78 Å². The van der Waals surface area contributed by atoms with Gasteiger partial charge in [-0.05, 0) is 31.9 Å². The van der Waals surface area contributed by atoms with E-state index < -0.39 is 6.10 Å². The van der Waals surface area contributed by atoms with Crippen LogP contribution in [0.4, 0.5) is 0 Å². The van der Waals surface area contributed by atoms with Crippen LogP contribution in [0.3, 0.4) is 0 Å². The Balaban J connectivity index is 2.05. The van der Waals surface area contributed by atoms with Crippen LogP contribution < -0.4 is 4.74 Å². The lowest BCUT2D eigenvalue weighted by Crippen LogP contribution is -2.06. The first-order valence-corrected chi connectivity index (χ1v) is 7.59. The first-order valence-electron chi connectivity index (χ1n) is 7.59. The van der Waals surface area contributed by atoms with Crippen molar-refractivity contribution >= 4 is 0 Å². The smallest absolute Gasteiger partial charge is 0.132 e. The minimum absolute atomic E-state index is 0.396. The van der Waals surface area contributed by atoms with Crippen molar-refractivity contribution in [3.05, 3.63) is 47.8 Å². The summed E-state index contributed by atoms with van der Waals surface area (Å²) in [5.74, 6) is 0.727. The average Bonchev–Trinajstić information content (AvgIpc) is 3.00. The van der Waals surface area contributed by atoms with Crippen LogP contribution in [-0.2, 0) is 6.61 Å². The molecule has 1 aromatic carbocycles. The average molecular weight is 288 g/mol. The van der Waals surface area contributed by atoms with Gasteiger partial charge in [-0.1, -0.05) is 32.0 Å². The molecule has 2 aromatic rings. The quantitative estimate of drug-likeness (QED) is 0.841. The Morgan fingerprint density at radius 3 is 2.67 bits per heavy atom. The molecule has 4 heteroatoms. The zero-order chi connectivity index (χ0) is 15.2. The predicted octanol–water partition coefficient (Wildman–Crippen LogP) is 3.88. The topological polar surface area (TPSA) is 47.3 Å². The molecule has 0 bridgehead atoms. The fourth-order valence-corrected chi connectivity index (χ4v) is 2.15. The highest BCUT2D eigenvalue weighted by Gasteiger charge is 2.12. The second kappa shape index (κ2) is 7.27. The number of nitrogens with zero attached hydrogens (tertiary/aromatic N) is 2. The maximum atomic E-state index is 10.0. The second-order valence-electron chi connectivity index (χ2n) is 5.29. The molecule has 0 aliphatic heterocycles. The standard InChI is InChI=1S/C17H24N2O2/c1-4-13(3)19-11-10-14(18-19)12-21-17-9-7-6-8-15(17)16(20)5-2/h6-11,13,16,20H,4-5,12H2,1-3H3. The zero-order valence-corrected chi connectivity index (χ0v) is 13.0. The molecule has 0 saturated carbocycles. The minimum Gasteiger partial charge on any atom is -0.487 e. The molecule has 0 radical (unpaired) electrons. The fourth-order valence-electron chi connectivity index (χ4n) is 2.15. The number of hydrogen-bond acceptors (Lipinski definition) is 3. The van der Waals surface area contributed by atoms with E-state index in [1.165, 1.54) is 0 Å². The van der Waals surface area contributed by atoms with Crippen LogP contribution in [0.25, 0.3) is 0 Å². The lowest BCUT2D eigenvalue weighted by atomic mass is 10.1. The van der Waals surface area contributed by atoms with E-state index in [9.17, 15) is 5.11 Å². The van der Waals surface area contributed by atoms with Gasteiger partial charge in [-0.25, -0.2) is 0 Å². The van der Waals surface area contributed by atoms with Gasteiger partial charge in [0.2, 0.25) is 0 Å². The molecule has 1 heterocycles. The molecule has 2 atom stereocenters. The van der Waals surface area contributed by atoms with Gasteiger partial charge in [0.05, 0.1) is 11.8 Å². The van der Waals surface area contributed by atoms with Crippen LogP contribution in [0.2, 0.25) is 0 Å². The number of para-hydroxylation sites is 1. The monoisotopic (exact) mass is 288 g/mol. The number of benzene rings is 1. The van der Waals surface area contributed by atoms with Crippen molar-refractivity contribution in [3.8, 4) is 5.75 Å². The van der Waals surface area contributed by atoms with Crippen molar-refractivity contribution in [2.75, 3.05) is 0 Å². The number of aromatic nitrogens is 2. The van der Waals surface area contributed by atoms with Crippen molar-refractivity contribution in [2.45, 2.75) is 52.4 Å². The maximum Gasteiger partial charge on any atom is 0.132 e. The summed E-state index contributed by atoms with van der Waals surface area (Å²) in [6, 6.07) is 10.00. The van der Waals surface area contributed by atoms with Crippen molar-refractivity contribution in [3.63, 3.8) is 0 Å². The van der Waals surface area contributed by atoms with E-state index >= 15 is 0 Å². The van der Waals surface area contributed by atoms with Gasteiger partial charge < -0.3 is 9.84 Å². The highest BCUT2D eigenvalue weighted by atomic mass is 16.5. The Hall–Kier alpha value is -1.81. The summed E-state index contributed by atoms with van der Waals surface area (Å²) in [6.45, 7) is 6.65. The van der Waals surface area contributed by atoms with Gasteiger partial charge in [-0.15, -0.1) is 0 Å². The third-order valence-corrected chi connectivity index (χ3v) is 3.75. The summed E-state index contributed by atoms with van der Waals surface area (Å²) in [4.78, 5) is 0. The molecule has 0 fully saturated rings. The van der Waals surface area contributed by atoms with Crippen LogP contribution in [0.5, 0.6) is 5.75 Å². The summed E-state index contributed by atoms with van der Waals surface area (Å²) >= 11 is 0. The number of aliphatic hydroxyl groups is 1. The molecule has 21 heavy (non-hydrogen) atoms. The Labute approximate surface area is 126 Å². The first kappa shape index (κ1) is 15.6. The van der Waals surface area contributed by atoms with Crippen LogP contribution >= 0.6 is 0 Å². The lowest BCUT2D eigenvalue weighted by molar-refractivity contribution is 0.166. The molecule has 1 aromatic heterocycles. The predicted molar refractivity (Wildman–Crippen MR) is 83.3 cm³/mol. The number of hydrogen-bond donors (Lipinski definition) is 1. The summed E-state index contributed by atoms with van der Waals surface area (Å²) in [5.41, 5.74) is 1.73. The molecule has 0 aliphatic carbocycles. The Morgan fingerprint density at radius 2 is 1.95 bits per heavy atom. The van der Waals surface area contributed by atoms with E-state index in [1.54, 1.807) is 0 Å². The highest BCUT2D eigenvalue weighted by Crippen LogP contribution is 2.27. The minimum atomic E-state index is -0.487. The normalized spacial score (nSPS) is 13.9. The Kier molecular flexibility index (Phi) is 5.39. The Bertz CT molecular complexity index is 565. The van der Waals surface area contributed by atoms with Gasteiger partial charge in [0, 0.05) is 17.8 Å². The molecule has 1 N–H and O–H groups in total. The third-order valence-electron chi connectivity index (χ3n) is 3.75. The highest BCUT2D eigenvalue weighted by molar-refractivity contribution is 5.35. The lowest BCUT2D eigenvalue weighted by Gasteiger charge is -2.14. The maximum absolute atomic E-state index is 10.0. The molecule has 4 nitrogen and oxygen atoms in total. The van der Waals surface area contributed by atoms with Gasteiger partial charge in [0.1, 0.15) is 12.4 Å². The van der Waals surface area contributed by atoms with Crippen molar-refractivity contribution in [2.24, 2.45) is 0 Å². The van der Waals surface area contributed by atoms with E-state index in [4.69, 9.17) is 4.74 Å². The largest absolute Gasteiger partial charge is 0.487 e. The van der Waals surface area contributed by atoms with Crippen LogP contribution in [-0.4, -0.2) is 14.9 Å². The molecule has 0 aliphatic rings. The molecular formula is C17H24N2O2. The fraction of sp³-hybridized carbons (Fsp3) is 0.471. The summed E-state index contributed by atoms with van der Waals surface area (Å²) in [5, 5.41) is 14.5. The van der Waals surface area contributed by atoms with E-state index in [0.29, 0.717) is 19.1 Å². The van der Waals surface area contributed by atoms with Gasteiger partial charge in [0.15, 0.2) is 0 Å². The first-order chi connectivity index (χ1) is 10.2.